The second-order valence-electron chi connectivity index (χ2n) is 5.27. The number of hydrogen-bond acceptors (Lipinski definition) is 3. The van der Waals surface area contributed by atoms with Gasteiger partial charge in [-0.2, -0.15) is 0 Å². The Labute approximate surface area is 106 Å². The summed E-state index contributed by atoms with van der Waals surface area (Å²) in [7, 11) is 0. The molecule has 3 rings (SSSR count). The summed E-state index contributed by atoms with van der Waals surface area (Å²) in [6.07, 6.45) is 5.02. The van der Waals surface area contributed by atoms with Crippen molar-refractivity contribution >= 4 is 0 Å². The summed E-state index contributed by atoms with van der Waals surface area (Å²) >= 11 is 0. The van der Waals surface area contributed by atoms with E-state index in [0.29, 0.717) is 17.9 Å². The third-order valence-corrected chi connectivity index (χ3v) is 3.99. The number of nitrogens with two attached hydrogens (primary N) is 1. The summed E-state index contributed by atoms with van der Waals surface area (Å²) in [5.41, 5.74) is 7.22. The Balaban J connectivity index is 2.00. The van der Waals surface area contributed by atoms with E-state index in [1.165, 1.54) is 12.5 Å². The first-order chi connectivity index (χ1) is 8.69. The van der Waals surface area contributed by atoms with E-state index < -0.39 is 5.54 Å². The van der Waals surface area contributed by atoms with Crippen LogP contribution in [0.5, 0.6) is 5.75 Å². The van der Waals surface area contributed by atoms with Crippen LogP contribution in [0.4, 0.5) is 4.39 Å². The van der Waals surface area contributed by atoms with Gasteiger partial charge in [0.2, 0.25) is 0 Å². The zero-order chi connectivity index (χ0) is 12.6. The van der Waals surface area contributed by atoms with Crippen molar-refractivity contribution in [3.05, 3.63) is 29.1 Å². The molecule has 0 amide bonds. The summed E-state index contributed by atoms with van der Waals surface area (Å²) in [6.45, 7) is 0.639. The molecule has 0 spiro atoms. The van der Waals surface area contributed by atoms with Crippen molar-refractivity contribution in [2.75, 3.05) is 6.79 Å². The molecule has 1 fully saturated rings. The summed E-state index contributed by atoms with van der Waals surface area (Å²) in [5, 5.41) is 0. The summed E-state index contributed by atoms with van der Waals surface area (Å²) in [4.78, 5) is 0. The van der Waals surface area contributed by atoms with E-state index in [4.69, 9.17) is 15.2 Å². The van der Waals surface area contributed by atoms with Crippen molar-refractivity contribution in [3.63, 3.8) is 0 Å². The van der Waals surface area contributed by atoms with Gasteiger partial charge in [0.15, 0.2) is 6.79 Å². The molecule has 1 aromatic rings. The van der Waals surface area contributed by atoms with Gasteiger partial charge >= 0.3 is 0 Å². The van der Waals surface area contributed by atoms with E-state index in [1.54, 1.807) is 6.07 Å². The monoisotopic (exact) mass is 251 g/mol. The van der Waals surface area contributed by atoms with Crippen molar-refractivity contribution in [3.8, 4) is 5.75 Å². The van der Waals surface area contributed by atoms with Gasteiger partial charge < -0.3 is 15.2 Å². The Morgan fingerprint density at radius 3 is 2.72 bits per heavy atom. The highest BCUT2D eigenvalue weighted by atomic mass is 19.1. The first kappa shape index (κ1) is 11.9. The number of benzene rings is 1. The Kier molecular flexibility index (Phi) is 2.99. The third kappa shape index (κ3) is 1.99. The highest BCUT2D eigenvalue weighted by molar-refractivity contribution is 5.41. The molecule has 1 heterocycles. The van der Waals surface area contributed by atoms with Gasteiger partial charge in [-0.3, -0.25) is 0 Å². The SMILES string of the molecule is NC1(c2cc3c(cc2F)COCO3)CCCCC1. The molecule has 0 atom stereocenters. The lowest BCUT2D eigenvalue weighted by molar-refractivity contribution is -0.0167. The maximum Gasteiger partial charge on any atom is 0.189 e. The van der Waals surface area contributed by atoms with E-state index >= 15 is 0 Å². The predicted molar refractivity (Wildman–Crippen MR) is 65.6 cm³/mol. The van der Waals surface area contributed by atoms with Crippen LogP contribution in [0, 0.1) is 5.82 Å². The lowest BCUT2D eigenvalue weighted by atomic mass is 9.77. The van der Waals surface area contributed by atoms with Crippen molar-refractivity contribution in [1.29, 1.82) is 0 Å². The van der Waals surface area contributed by atoms with Gasteiger partial charge in [-0.05, 0) is 25.0 Å². The quantitative estimate of drug-likeness (QED) is 0.834. The molecular weight excluding hydrogens is 233 g/mol. The van der Waals surface area contributed by atoms with Crippen LogP contribution >= 0.6 is 0 Å². The highest BCUT2D eigenvalue weighted by Gasteiger charge is 2.33. The smallest absolute Gasteiger partial charge is 0.189 e. The Hall–Kier alpha value is -1.13. The van der Waals surface area contributed by atoms with Crippen molar-refractivity contribution < 1.29 is 13.9 Å². The molecular formula is C14H18FNO2. The van der Waals surface area contributed by atoms with Crippen LogP contribution in [0.3, 0.4) is 0 Å². The van der Waals surface area contributed by atoms with Crippen molar-refractivity contribution in [2.45, 2.75) is 44.2 Å². The largest absolute Gasteiger partial charge is 0.467 e. The molecule has 1 saturated carbocycles. The van der Waals surface area contributed by atoms with E-state index in [-0.39, 0.29) is 12.6 Å². The van der Waals surface area contributed by atoms with Gasteiger partial charge in [-0.1, -0.05) is 19.3 Å². The normalized spacial score (nSPS) is 22.1. The number of halogens is 1. The molecule has 1 aliphatic carbocycles. The average Bonchev–Trinajstić information content (AvgIpc) is 2.38. The minimum absolute atomic E-state index is 0.229. The molecule has 1 aromatic carbocycles. The molecule has 0 radical (unpaired) electrons. The summed E-state index contributed by atoms with van der Waals surface area (Å²) in [6, 6.07) is 3.28. The van der Waals surface area contributed by atoms with Crippen LogP contribution in [0.15, 0.2) is 12.1 Å². The highest BCUT2D eigenvalue weighted by Crippen LogP contribution is 2.39. The molecule has 4 heteroatoms. The molecule has 2 N–H and O–H groups in total. The molecule has 2 aliphatic rings. The van der Waals surface area contributed by atoms with Crippen LogP contribution in [0.2, 0.25) is 0 Å². The standard InChI is InChI=1S/C14H18FNO2/c15-12-6-10-8-17-9-18-13(10)7-11(12)14(16)4-2-1-3-5-14/h6-7H,1-5,8-9,16H2. The second kappa shape index (κ2) is 4.52. The third-order valence-electron chi connectivity index (χ3n) is 3.99. The van der Waals surface area contributed by atoms with Crippen LogP contribution in [-0.2, 0) is 16.9 Å². The van der Waals surface area contributed by atoms with Crippen LogP contribution < -0.4 is 10.5 Å². The van der Waals surface area contributed by atoms with Gasteiger partial charge in [0.1, 0.15) is 11.6 Å². The molecule has 0 unspecified atom stereocenters. The fraction of sp³-hybridized carbons (Fsp3) is 0.571. The number of ether oxygens (including phenoxy) is 2. The second-order valence-corrected chi connectivity index (χ2v) is 5.27. The molecule has 18 heavy (non-hydrogen) atoms. The first-order valence-electron chi connectivity index (χ1n) is 6.51. The summed E-state index contributed by atoms with van der Waals surface area (Å²) in [5.74, 6) is 0.486. The van der Waals surface area contributed by atoms with E-state index in [9.17, 15) is 4.39 Å². The van der Waals surface area contributed by atoms with Crippen LogP contribution in [-0.4, -0.2) is 6.79 Å². The van der Waals surface area contributed by atoms with E-state index in [1.807, 2.05) is 0 Å². The Morgan fingerprint density at radius 1 is 1.17 bits per heavy atom. The zero-order valence-corrected chi connectivity index (χ0v) is 10.4. The molecule has 0 saturated heterocycles. The Bertz CT molecular complexity index is 455. The molecule has 0 bridgehead atoms. The van der Waals surface area contributed by atoms with Crippen molar-refractivity contribution in [2.24, 2.45) is 5.73 Å². The van der Waals surface area contributed by atoms with Gasteiger partial charge in [-0.15, -0.1) is 0 Å². The predicted octanol–water partition coefficient (Wildman–Crippen LogP) is 2.81. The first-order valence-corrected chi connectivity index (χ1v) is 6.51. The minimum Gasteiger partial charge on any atom is -0.467 e. The topological polar surface area (TPSA) is 44.5 Å². The van der Waals surface area contributed by atoms with Gasteiger partial charge in [0.05, 0.1) is 6.61 Å². The van der Waals surface area contributed by atoms with Gasteiger partial charge in [-0.25, -0.2) is 4.39 Å². The fourth-order valence-electron chi connectivity index (χ4n) is 2.93. The minimum atomic E-state index is -0.529. The molecule has 3 nitrogen and oxygen atoms in total. The maximum absolute atomic E-state index is 14.2. The van der Waals surface area contributed by atoms with Gasteiger partial charge in [0.25, 0.3) is 0 Å². The number of hydrogen-bond donors (Lipinski definition) is 1. The number of rotatable bonds is 1. The number of fused-ring (bicyclic) bond motifs is 1. The maximum atomic E-state index is 14.2. The summed E-state index contributed by atoms with van der Waals surface area (Å²) < 4.78 is 24.8. The molecule has 1 aliphatic heterocycles. The average molecular weight is 251 g/mol. The lowest BCUT2D eigenvalue weighted by Crippen LogP contribution is -2.39. The fourth-order valence-corrected chi connectivity index (χ4v) is 2.93. The van der Waals surface area contributed by atoms with Crippen molar-refractivity contribution in [1.82, 2.24) is 0 Å². The van der Waals surface area contributed by atoms with Crippen LogP contribution in [0.25, 0.3) is 0 Å². The molecule has 98 valence electrons. The zero-order valence-electron chi connectivity index (χ0n) is 10.4. The lowest BCUT2D eigenvalue weighted by Gasteiger charge is -2.35. The Morgan fingerprint density at radius 2 is 1.94 bits per heavy atom. The molecule has 0 aromatic heterocycles. The van der Waals surface area contributed by atoms with E-state index in [0.717, 1.165) is 31.2 Å². The van der Waals surface area contributed by atoms with E-state index in [2.05, 4.69) is 0 Å². The van der Waals surface area contributed by atoms with Crippen LogP contribution in [0.1, 0.15) is 43.2 Å². The van der Waals surface area contributed by atoms with Gasteiger partial charge in [0, 0.05) is 16.7 Å².